The first-order valence-electron chi connectivity index (χ1n) is 4.60. The average Bonchev–Trinajstić information content (AvgIpc) is 2.03. The second-order valence-electron chi connectivity index (χ2n) is 3.77. The van der Waals surface area contributed by atoms with Gasteiger partial charge in [0.1, 0.15) is 11.7 Å². The van der Waals surface area contributed by atoms with Gasteiger partial charge in [-0.05, 0) is 0 Å². The minimum Gasteiger partial charge on any atom is -0.364 e. The summed E-state index contributed by atoms with van der Waals surface area (Å²) in [6.07, 6.45) is 2.06. The van der Waals surface area contributed by atoms with Gasteiger partial charge in [0.05, 0.1) is 0 Å². The van der Waals surface area contributed by atoms with Crippen molar-refractivity contribution >= 4 is 5.84 Å². The van der Waals surface area contributed by atoms with Crippen molar-refractivity contribution in [3.63, 3.8) is 0 Å². The Morgan fingerprint density at radius 3 is 1.50 bits per heavy atom. The Balaban J connectivity index is 4.90. The van der Waals surface area contributed by atoms with E-state index in [9.17, 15) is 0 Å². The molecule has 4 nitrogen and oxygen atoms in total. The molecule has 0 aromatic heterocycles. The number of aliphatic imine (C=N–C) groups is 1. The van der Waals surface area contributed by atoms with Crippen molar-refractivity contribution in [1.82, 2.24) is 14.7 Å². The maximum absolute atomic E-state index is 4.20. The lowest BCUT2D eigenvalue weighted by molar-refractivity contribution is 0.343. The summed E-state index contributed by atoms with van der Waals surface area (Å²) in [6, 6.07) is 0. The quantitative estimate of drug-likeness (QED) is 0.488. The van der Waals surface area contributed by atoms with Crippen molar-refractivity contribution < 1.29 is 0 Å². The lowest BCUT2D eigenvalue weighted by atomic mass is 10.4. The molecule has 0 aromatic carbocycles. The van der Waals surface area contributed by atoms with E-state index in [-0.39, 0.29) is 0 Å². The van der Waals surface area contributed by atoms with E-state index in [2.05, 4.69) is 20.9 Å². The summed E-state index contributed by atoms with van der Waals surface area (Å²) in [5.41, 5.74) is 0. The number of amidine groups is 1. The van der Waals surface area contributed by atoms with E-state index >= 15 is 0 Å². The molecule has 14 heavy (non-hydrogen) atoms. The molecular weight excluding hydrogens is 176 g/mol. The Morgan fingerprint density at radius 2 is 1.29 bits per heavy atom. The van der Waals surface area contributed by atoms with E-state index in [4.69, 9.17) is 0 Å². The highest BCUT2D eigenvalue weighted by Gasteiger charge is 2.05. The number of likely N-dealkylation sites (N-methyl/N-ethyl adjacent to an activating group) is 1. The number of hydrogen-bond donors (Lipinski definition) is 0. The summed E-state index contributed by atoms with van der Waals surface area (Å²) in [5.74, 6) is 2.08. The van der Waals surface area contributed by atoms with Gasteiger partial charge in [-0.15, -0.1) is 0 Å². The molecule has 0 aromatic rings. The zero-order valence-electron chi connectivity index (χ0n) is 10.4. The molecule has 0 aliphatic heterocycles. The summed E-state index contributed by atoms with van der Waals surface area (Å²) < 4.78 is 0. The van der Waals surface area contributed by atoms with Crippen LogP contribution < -0.4 is 0 Å². The lowest BCUT2D eigenvalue weighted by Gasteiger charge is -2.25. The van der Waals surface area contributed by atoms with Crippen molar-refractivity contribution in [3.05, 3.63) is 11.9 Å². The van der Waals surface area contributed by atoms with Gasteiger partial charge in [0, 0.05) is 55.4 Å². The standard InChI is InChI=1S/C10H22N4/c1-11-9(12(2)3)8-10(13(4)5)14(6)7/h8H,1-7H3. The van der Waals surface area contributed by atoms with Crippen molar-refractivity contribution in [3.8, 4) is 0 Å². The molecule has 0 aliphatic rings. The van der Waals surface area contributed by atoms with Crippen LogP contribution in [0.4, 0.5) is 0 Å². The van der Waals surface area contributed by atoms with E-state index in [1.807, 2.05) is 47.2 Å². The van der Waals surface area contributed by atoms with Crippen LogP contribution in [0.5, 0.6) is 0 Å². The smallest absolute Gasteiger partial charge is 0.126 e. The number of nitrogens with zero attached hydrogens (tertiary/aromatic N) is 4. The predicted molar refractivity (Wildman–Crippen MR) is 62.5 cm³/mol. The average molecular weight is 198 g/mol. The largest absolute Gasteiger partial charge is 0.364 e. The Labute approximate surface area is 87.5 Å². The fraction of sp³-hybridized carbons (Fsp3) is 0.700. The zero-order valence-corrected chi connectivity index (χ0v) is 10.4. The highest BCUT2D eigenvalue weighted by molar-refractivity contribution is 5.92. The van der Waals surface area contributed by atoms with E-state index in [1.54, 1.807) is 7.05 Å². The van der Waals surface area contributed by atoms with Gasteiger partial charge < -0.3 is 14.7 Å². The molecule has 0 rings (SSSR count). The van der Waals surface area contributed by atoms with Crippen LogP contribution in [-0.2, 0) is 0 Å². The fourth-order valence-corrected chi connectivity index (χ4v) is 1.17. The first-order valence-corrected chi connectivity index (χ1v) is 4.60. The van der Waals surface area contributed by atoms with Crippen LogP contribution >= 0.6 is 0 Å². The first-order chi connectivity index (χ1) is 6.40. The molecule has 4 heteroatoms. The van der Waals surface area contributed by atoms with Gasteiger partial charge in [0.25, 0.3) is 0 Å². The molecule has 0 radical (unpaired) electrons. The summed E-state index contributed by atoms with van der Waals surface area (Å²) in [6.45, 7) is 0. The normalized spacial score (nSPS) is 10.9. The summed E-state index contributed by atoms with van der Waals surface area (Å²) in [7, 11) is 13.9. The third-order valence-corrected chi connectivity index (χ3v) is 1.86. The van der Waals surface area contributed by atoms with Crippen LogP contribution in [0.15, 0.2) is 16.9 Å². The van der Waals surface area contributed by atoms with Crippen LogP contribution in [0.2, 0.25) is 0 Å². The van der Waals surface area contributed by atoms with E-state index < -0.39 is 0 Å². The van der Waals surface area contributed by atoms with Crippen LogP contribution in [-0.4, -0.2) is 69.9 Å². The molecule has 82 valence electrons. The topological polar surface area (TPSA) is 22.1 Å². The van der Waals surface area contributed by atoms with E-state index in [1.165, 1.54) is 0 Å². The van der Waals surface area contributed by atoms with Crippen LogP contribution in [0.25, 0.3) is 0 Å². The van der Waals surface area contributed by atoms with Gasteiger partial charge in [-0.3, -0.25) is 4.99 Å². The summed E-state index contributed by atoms with van der Waals surface area (Å²) >= 11 is 0. The molecule has 0 unspecified atom stereocenters. The maximum atomic E-state index is 4.20. The van der Waals surface area contributed by atoms with Crippen LogP contribution in [0.3, 0.4) is 0 Å². The van der Waals surface area contributed by atoms with Crippen molar-refractivity contribution in [2.24, 2.45) is 4.99 Å². The molecule has 0 saturated heterocycles. The van der Waals surface area contributed by atoms with Gasteiger partial charge >= 0.3 is 0 Å². The van der Waals surface area contributed by atoms with Gasteiger partial charge in [0.15, 0.2) is 0 Å². The van der Waals surface area contributed by atoms with Gasteiger partial charge in [-0.25, -0.2) is 0 Å². The number of rotatable bonds is 3. The van der Waals surface area contributed by atoms with Gasteiger partial charge in [-0.2, -0.15) is 0 Å². The Hall–Kier alpha value is -1.19. The zero-order chi connectivity index (χ0) is 11.3. The molecule has 0 aliphatic carbocycles. The van der Waals surface area contributed by atoms with Crippen LogP contribution in [0.1, 0.15) is 0 Å². The Bertz CT molecular complexity index is 216. The highest BCUT2D eigenvalue weighted by Crippen LogP contribution is 2.03. The summed E-state index contributed by atoms with van der Waals surface area (Å²) in [4.78, 5) is 10.3. The molecular formula is C10H22N4. The molecule has 0 amide bonds. The fourth-order valence-electron chi connectivity index (χ4n) is 1.17. The molecule has 0 atom stereocenters. The maximum Gasteiger partial charge on any atom is 0.126 e. The first kappa shape index (κ1) is 12.8. The molecule has 0 bridgehead atoms. The lowest BCUT2D eigenvalue weighted by Crippen LogP contribution is -2.28. The molecule has 0 N–H and O–H groups in total. The monoisotopic (exact) mass is 198 g/mol. The predicted octanol–water partition coefficient (Wildman–Crippen LogP) is 0.541. The minimum atomic E-state index is 0.961. The second kappa shape index (κ2) is 5.52. The summed E-state index contributed by atoms with van der Waals surface area (Å²) in [5, 5.41) is 0. The molecule has 0 fully saturated rings. The van der Waals surface area contributed by atoms with Crippen molar-refractivity contribution in [2.75, 3.05) is 49.3 Å². The Kier molecular flexibility index (Phi) is 5.05. The minimum absolute atomic E-state index is 0.961. The third-order valence-electron chi connectivity index (χ3n) is 1.86. The van der Waals surface area contributed by atoms with Crippen molar-refractivity contribution in [1.29, 1.82) is 0 Å². The van der Waals surface area contributed by atoms with Crippen molar-refractivity contribution in [2.45, 2.75) is 0 Å². The Morgan fingerprint density at radius 1 is 0.857 bits per heavy atom. The highest BCUT2D eigenvalue weighted by atomic mass is 15.3. The van der Waals surface area contributed by atoms with Gasteiger partial charge in [-0.1, -0.05) is 0 Å². The number of hydrogen-bond acceptors (Lipinski definition) is 3. The second-order valence-corrected chi connectivity index (χ2v) is 3.77. The SMILES string of the molecule is CN=C(C=C(N(C)C)N(C)C)N(C)C. The molecule has 0 saturated carbocycles. The third kappa shape index (κ3) is 3.68. The molecule has 0 spiro atoms. The van der Waals surface area contributed by atoms with Gasteiger partial charge in [0.2, 0.25) is 0 Å². The van der Waals surface area contributed by atoms with E-state index in [0.717, 1.165) is 11.7 Å². The van der Waals surface area contributed by atoms with Crippen LogP contribution in [0, 0.1) is 0 Å². The van der Waals surface area contributed by atoms with E-state index in [0.29, 0.717) is 0 Å². The molecule has 0 heterocycles.